The summed E-state index contributed by atoms with van der Waals surface area (Å²) >= 11 is 0. The highest BCUT2D eigenvalue weighted by atomic mass is 16.6. The van der Waals surface area contributed by atoms with E-state index in [9.17, 15) is 9.90 Å². The van der Waals surface area contributed by atoms with E-state index >= 15 is 0 Å². The molecule has 1 unspecified atom stereocenters. The molecule has 2 aromatic carbocycles. The molecule has 4 aliphatic rings. The molecule has 2 aliphatic carbocycles. The van der Waals surface area contributed by atoms with Crippen molar-refractivity contribution in [3.8, 4) is 11.1 Å². The first-order valence-electron chi connectivity index (χ1n) is 9.48. The maximum Gasteiger partial charge on any atom is 0.407 e. The molecule has 2 bridgehead atoms. The van der Waals surface area contributed by atoms with Gasteiger partial charge in [0.2, 0.25) is 0 Å². The molecule has 0 aromatic heterocycles. The zero-order chi connectivity index (χ0) is 18.6. The number of ether oxygens (including phenoxy) is 2. The van der Waals surface area contributed by atoms with Crippen LogP contribution in [-0.4, -0.2) is 41.7 Å². The van der Waals surface area contributed by atoms with Crippen LogP contribution in [0, 0.1) is 0 Å². The second-order valence-corrected chi connectivity index (χ2v) is 8.06. The van der Waals surface area contributed by atoms with Crippen molar-refractivity contribution < 1.29 is 19.4 Å². The standard InChI is InChI=1S/C22H23NO4/c1-14-22(11-21(12-22,13-24)27-14)23-20(25)26-10-19-17-8-4-2-6-15(17)16-7-3-5-9-18(16)19/h2-9,14,19,24H,10-13H2,1H3,(H,23,25). The van der Waals surface area contributed by atoms with Gasteiger partial charge in [0, 0.05) is 18.8 Å². The quantitative estimate of drug-likeness (QED) is 0.873. The van der Waals surface area contributed by atoms with Crippen LogP contribution in [0.15, 0.2) is 48.5 Å². The minimum Gasteiger partial charge on any atom is -0.449 e. The van der Waals surface area contributed by atoms with Crippen LogP contribution in [-0.2, 0) is 9.47 Å². The summed E-state index contributed by atoms with van der Waals surface area (Å²) in [4.78, 5) is 12.5. The number of carbonyl (C=O) groups is 1. The predicted molar refractivity (Wildman–Crippen MR) is 101 cm³/mol. The van der Waals surface area contributed by atoms with E-state index in [4.69, 9.17) is 9.47 Å². The maximum atomic E-state index is 12.5. The first-order chi connectivity index (χ1) is 13.1. The molecule has 5 heteroatoms. The lowest BCUT2D eigenvalue weighted by molar-refractivity contribution is -0.0614. The number of fused-ring (bicyclic) bond motifs is 4. The number of aliphatic hydroxyl groups excluding tert-OH is 1. The lowest BCUT2D eigenvalue weighted by Gasteiger charge is -2.44. The van der Waals surface area contributed by atoms with Crippen LogP contribution >= 0.6 is 0 Å². The van der Waals surface area contributed by atoms with Crippen LogP contribution in [0.1, 0.15) is 36.8 Å². The summed E-state index contributed by atoms with van der Waals surface area (Å²) in [6.45, 7) is 2.23. The van der Waals surface area contributed by atoms with Gasteiger partial charge in [-0.1, -0.05) is 48.5 Å². The number of benzene rings is 2. The van der Waals surface area contributed by atoms with Crippen molar-refractivity contribution in [2.75, 3.05) is 13.2 Å². The lowest BCUT2D eigenvalue weighted by atomic mass is 9.66. The second-order valence-electron chi connectivity index (χ2n) is 8.06. The van der Waals surface area contributed by atoms with Crippen LogP contribution in [0.3, 0.4) is 0 Å². The van der Waals surface area contributed by atoms with Crippen LogP contribution < -0.4 is 5.32 Å². The monoisotopic (exact) mass is 365 g/mol. The number of amides is 1. The normalized spacial score (nSPS) is 30.4. The van der Waals surface area contributed by atoms with E-state index < -0.39 is 17.2 Å². The Balaban J connectivity index is 1.29. The molecule has 2 aromatic rings. The van der Waals surface area contributed by atoms with Gasteiger partial charge in [-0.3, -0.25) is 0 Å². The SMILES string of the molecule is CC1OC2(CO)CC1(NC(=O)OCC1c3ccccc3-c3ccccc31)C2. The summed E-state index contributed by atoms with van der Waals surface area (Å²) < 4.78 is 11.5. The molecule has 2 N–H and O–H groups in total. The first-order valence-corrected chi connectivity index (χ1v) is 9.48. The maximum absolute atomic E-state index is 12.5. The number of hydrogen-bond donors (Lipinski definition) is 2. The fraction of sp³-hybridized carbons (Fsp3) is 0.409. The molecule has 5 nitrogen and oxygen atoms in total. The van der Waals surface area contributed by atoms with Gasteiger partial charge in [-0.05, 0) is 29.2 Å². The largest absolute Gasteiger partial charge is 0.449 e. The predicted octanol–water partition coefficient (Wildman–Crippen LogP) is 3.21. The van der Waals surface area contributed by atoms with E-state index in [1.165, 1.54) is 22.3 Å². The Kier molecular flexibility index (Phi) is 3.61. The minimum absolute atomic E-state index is 0.00847. The Morgan fingerprint density at radius 1 is 1.15 bits per heavy atom. The van der Waals surface area contributed by atoms with E-state index in [1.807, 2.05) is 31.2 Å². The highest BCUT2D eigenvalue weighted by molar-refractivity contribution is 5.79. The van der Waals surface area contributed by atoms with Crippen molar-refractivity contribution in [3.05, 3.63) is 59.7 Å². The molecular weight excluding hydrogens is 342 g/mol. The second kappa shape index (κ2) is 5.81. The number of aliphatic hydroxyl groups is 1. The zero-order valence-electron chi connectivity index (χ0n) is 15.3. The summed E-state index contributed by atoms with van der Waals surface area (Å²) in [5, 5.41) is 12.5. The number of rotatable bonds is 4. The van der Waals surface area contributed by atoms with E-state index in [2.05, 4.69) is 29.6 Å². The van der Waals surface area contributed by atoms with Gasteiger partial charge in [-0.15, -0.1) is 0 Å². The molecule has 6 rings (SSSR count). The van der Waals surface area contributed by atoms with Gasteiger partial charge in [0.05, 0.1) is 23.9 Å². The summed E-state index contributed by atoms with van der Waals surface area (Å²) in [5.74, 6) is 0.0517. The van der Waals surface area contributed by atoms with E-state index in [1.54, 1.807) is 0 Å². The Morgan fingerprint density at radius 3 is 2.30 bits per heavy atom. The Hall–Kier alpha value is -2.37. The van der Waals surface area contributed by atoms with Gasteiger partial charge in [-0.2, -0.15) is 0 Å². The molecule has 27 heavy (non-hydrogen) atoms. The molecule has 1 atom stereocenters. The molecule has 2 saturated heterocycles. The molecule has 0 radical (unpaired) electrons. The fourth-order valence-electron chi connectivity index (χ4n) is 5.13. The Labute approximate surface area is 158 Å². The number of hydrogen-bond acceptors (Lipinski definition) is 4. The fourth-order valence-corrected chi connectivity index (χ4v) is 5.13. The van der Waals surface area contributed by atoms with Crippen molar-refractivity contribution in [1.82, 2.24) is 5.32 Å². The van der Waals surface area contributed by atoms with E-state index in [-0.39, 0.29) is 18.6 Å². The molecule has 1 amide bonds. The average Bonchev–Trinajstić information content (AvgIpc) is 3.22. The third kappa shape index (κ3) is 2.42. The van der Waals surface area contributed by atoms with Crippen molar-refractivity contribution in [2.45, 2.75) is 42.9 Å². The molecule has 0 spiro atoms. The highest BCUT2D eigenvalue weighted by Gasteiger charge is 2.67. The number of alkyl carbamates (subject to hydrolysis) is 1. The summed E-state index contributed by atoms with van der Waals surface area (Å²) in [5.41, 5.74) is 3.94. The number of nitrogens with one attached hydrogen (secondary N) is 1. The van der Waals surface area contributed by atoms with Gasteiger partial charge in [0.1, 0.15) is 6.61 Å². The highest BCUT2D eigenvalue weighted by Crippen LogP contribution is 2.55. The molecule has 140 valence electrons. The topological polar surface area (TPSA) is 67.8 Å². The van der Waals surface area contributed by atoms with Crippen molar-refractivity contribution >= 4 is 6.09 Å². The van der Waals surface area contributed by atoms with Crippen LogP contribution in [0.25, 0.3) is 11.1 Å². The number of carbonyl (C=O) groups excluding carboxylic acids is 1. The van der Waals surface area contributed by atoms with Crippen LogP contribution in [0.4, 0.5) is 4.79 Å². The molecule has 3 fully saturated rings. The van der Waals surface area contributed by atoms with Crippen LogP contribution in [0.2, 0.25) is 0 Å². The Bertz CT molecular complexity index is 857. The molecule has 2 heterocycles. The van der Waals surface area contributed by atoms with Crippen molar-refractivity contribution in [1.29, 1.82) is 0 Å². The third-order valence-corrected chi connectivity index (χ3v) is 6.46. The lowest BCUT2D eigenvalue weighted by Crippen LogP contribution is -2.62. The van der Waals surface area contributed by atoms with E-state index in [0.29, 0.717) is 19.4 Å². The molecule has 1 saturated carbocycles. The van der Waals surface area contributed by atoms with E-state index in [0.717, 1.165) is 0 Å². The molecule has 2 aliphatic heterocycles. The van der Waals surface area contributed by atoms with Gasteiger partial charge in [0.25, 0.3) is 0 Å². The van der Waals surface area contributed by atoms with Crippen LogP contribution in [0.5, 0.6) is 0 Å². The van der Waals surface area contributed by atoms with Crippen molar-refractivity contribution in [3.63, 3.8) is 0 Å². The van der Waals surface area contributed by atoms with Gasteiger partial charge < -0.3 is 19.9 Å². The first kappa shape index (κ1) is 16.8. The zero-order valence-corrected chi connectivity index (χ0v) is 15.3. The Morgan fingerprint density at radius 2 is 1.74 bits per heavy atom. The third-order valence-electron chi connectivity index (χ3n) is 6.46. The molecular formula is C22H23NO4. The van der Waals surface area contributed by atoms with Gasteiger partial charge in [0.15, 0.2) is 0 Å². The summed E-state index contributed by atoms with van der Waals surface area (Å²) in [6.07, 6.45) is 0.745. The van der Waals surface area contributed by atoms with Gasteiger partial charge >= 0.3 is 6.09 Å². The van der Waals surface area contributed by atoms with Gasteiger partial charge in [-0.25, -0.2) is 4.79 Å². The minimum atomic E-state index is -0.476. The smallest absolute Gasteiger partial charge is 0.407 e. The van der Waals surface area contributed by atoms with Crippen molar-refractivity contribution in [2.24, 2.45) is 0 Å². The summed E-state index contributed by atoms with van der Waals surface area (Å²) in [7, 11) is 0. The average molecular weight is 365 g/mol. The summed E-state index contributed by atoms with van der Waals surface area (Å²) in [6, 6.07) is 16.6.